The van der Waals surface area contributed by atoms with E-state index in [4.69, 9.17) is 4.74 Å². The summed E-state index contributed by atoms with van der Waals surface area (Å²) in [6.07, 6.45) is 2.56. The van der Waals surface area contributed by atoms with Gasteiger partial charge in [-0.15, -0.1) is 0 Å². The average molecular weight is 302 g/mol. The van der Waals surface area contributed by atoms with E-state index in [2.05, 4.69) is 0 Å². The molecule has 5 heteroatoms. The topological polar surface area (TPSA) is 49.9 Å². The zero-order valence-corrected chi connectivity index (χ0v) is 13.1. The zero-order chi connectivity index (χ0) is 15.9. The molecular weight excluding hydrogens is 280 g/mol. The third-order valence-corrected chi connectivity index (χ3v) is 3.43. The fourth-order valence-corrected chi connectivity index (χ4v) is 2.35. The van der Waals surface area contributed by atoms with Gasteiger partial charge in [0.2, 0.25) is 0 Å². The molecule has 0 radical (unpaired) electrons. The number of ether oxygens (including phenoxy) is 1. The Morgan fingerprint density at radius 3 is 2.73 bits per heavy atom. The lowest BCUT2D eigenvalue weighted by molar-refractivity contribution is -0.115. The van der Waals surface area contributed by atoms with Crippen molar-refractivity contribution < 1.29 is 14.3 Å². The van der Waals surface area contributed by atoms with Crippen molar-refractivity contribution in [3.8, 4) is 0 Å². The van der Waals surface area contributed by atoms with Crippen LogP contribution in [0.3, 0.4) is 0 Å². The summed E-state index contributed by atoms with van der Waals surface area (Å²) >= 11 is 0. The number of ketones is 1. The quantitative estimate of drug-likeness (QED) is 0.805. The highest BCUT2D eigenvalue weighted by Crippen LogP contribution is 2.14. The highest BCUT2D eigenvalue weighted by molar-refractivity contribution is 5.96. The summed E-state index contributed by atoms with van der Waals surface area (Å²) in [7, 11) is 3.73. The first kappa shape index (κ1) is 16.1. The molecular formula is C17H22N2O3. The van der Waals surface area contributed by atoms with Gasteiger partial charge in [0.15, 0.2) is 5.78 Å². The number of likely N-dealkylation sites (tertiary alicyclic amines) is 1. The molecule has 1 saturated heterocycles. The first-order valence-electron chi connectivity index (χ1n) is 7.42. The van der Waals surface area contributed by atoms with E-state index in [1.807, 2.05) is 49.3 Å². The van der Waals surface area contributed by atoms with Crippen molar-refractivity contribution in [3.63, 3.8) is 0 Å². The molecule has 1 fully saturated rings. The molecule has 5 nitrogen and oxygen atoms in total. The molecule has 1 aliphatic rings. The van der Waals surface area contributed by atoms with Crippen molar-refractivity contribution in [2.24, 2.45) is 0 Å². The van der Waals surface area contributed by atoms with Crippen molar-refractivity contribution in [1.29, 1.82) is 0 Å². The van der Waals surface area contributed by atoms with Crippen LogP contribution in [0.4, 0.5) is 4.79 Å². The predicted molar refractivity (Wildman–Crippen MR) is 84.2 cm³/mol. The Hall–Kier alpha value is -2.30. The molecule has 0 N–H and O–H groups in total. The Labute approximate surface area is 131 Å². The number of amides is 1. The van der Waals surface area contributed by atoms with Gasteiger partial charge in [0, 0.05) is 38.8 Å². The maximum Gasteiger partial charge on any atom is 0.410 e. The number of Topliss-reactive ketones (excluding diaryl/α,β-unsaturated/α-hetero) is 1. The molecule has 1 heterocycles. The van der Waals surface area contributed by atoms with Gasteiger partial charge in [0.25, 0.3) is 0 Å². The van der Waals surface area contributed by atoms with Gasteiger partial charge in [0.1, 0.15) is 6.61 Å². The molecule has 0 saturated carbocycles. The van der Waals surface area contributed by atoms with Crippen LogP contribution in [0.2, 0.25) is 0 Å². The summed E-state index contributed by atoms with van der Waals surface area (Å²) < 4.78 is 5.35. The zero-order valence-electron chi connectivity index (χ0n) is 13.1. The number of hydrogen-bond acceptors (Lipinski definition) is 4. The summed E-state index contributed by atoms with van der Waals surface area (Å²) in [5.74, 6) is 0.104. The predicted octanol–water partition coefficient (Wildman–Crippen LogP) is 2.43. The van der Waals surface area contributed by atoms with Crippen LogP contribution >= 0.6 is 0 Å². The minimum atomic E-state index is -0.372. The lowest BCUT2D eigenvalue weighted by Gasteiger charge is -2.20. The first-order chi connectivity index (χ1) is 10.6. The smallest absolute Gasteiger partial charge is 0.410 e. The van der Waals surface area contributed by atoms with Crippen LogP contribution in [0.5, 0.6) is 0 Å². The maximum atomic E-state index is 12.2. The standard InChI is InChI=1S/C17H22N2O3/c1-18(2)11-15-12-19(10-6-9-16(15)20)17(21)22-13-14-7-4-3-5-8-14/h3-5,7-8,11H,6,9-10,12-13H2,1-2H3/b15-11+. The highest BCUT2D eigenvalue weighted by Gasteiger charge is 2.23. The monoisotopic (exact) mass is 302 g/mol. The Kier molecular flexibility index (Phi) is 5.58. The molecule has 1 amide bonds. The molecule has 22 heavy (non-hydrogen) atoms. The summed E-state index contributed by atoms with van der Waals surface area (Å²) in [6, 6.07) is 9.56. The van der Waals surface area contributed by atoms with E-state index in [0.717, 1.165) is 5.56 Å². The third-order valence-electron chi connectivity index (χ3n) is 3.43. The SMILES string of the molecule is CN(C)/C=C1\CN(C(=O)OCc2ccccc2)CCCC1=O. The Morgan fingerprint density at radius 1 is 1.32 bits per heavy atom. The van der Waals surface area contributed by atoms with E-state index in [1.54, 1.807) is 11.1 Å². The molecule has 0 unspecified atom stereocenters. The van der Waals surface area contributed by atoms with Crippen molar-refractivity contribution >= 4 is 11.9 Å². The molecule has 1 aromatic rings. The summed E-state index contributed by atoms with van der Waals surface area (Å²) in [5, 5.41) is 0. The van der Waals surface area contributed by atoms with Crippen LogP contribution in [0.1, 0.15) is 18.4 Å². The van der Waals surface area contributed by atoms with Gasteiger partial charge in [-0.05, 0) is 12.0 Å². The minimum absolute atomic E-state index is 0.104. The van der Waals surface area contributed by atoms with Gasteiger partial charge in [0.05, 0.1) is 6.54 Å². The molecule has 1 aromatic carbocycles. The number of hydrogen-bond donors (Lipinski definition) is 0. The molecule has 1 aliphatic heterocycles. The number of carbonyl (C=O) groups is 2. The van der Waals surface area contributed by atoms with E-state index in [9.17, 15) is 9.59 Å². The van der Waals surface area contributed by atoms with E-state index in [-0.39, 0.29) is 18.5 Å². The molecule has 2 rings (SSSR count). The van der Waals surface area contributed by atoms with Crippen LogP contribution < -0.4 is 0 Å². The van der Waals surface area contributed by atoms with E-state index >= 15 is 0 Å². The third kappa shape index (κ3) is 4.62. The van der Waals surface area contributed by atoms with Crippen LogP contribution in [0.25, 0.3) is 0 Å². The van der Waals surface area contributed by atoms with Crippen molar-refractivity contribution in [3.05, 3.63) is 47.7 Å². The van der Waals surface area contributed by atoms with Gasteiger partial charge in [-0.2, -0.15) is 0 Å². The Balaban J connectivity index is 1.97. The molecule has 118 valence electrons. The van der Waals surface area contributed by atoms with Gasteiger partial charge in [-0.1, -0.05) is 30.3 Å². The van der Waals surface area contributed by atoms with E-state index in [1.165, 1.54) is 0 Å². The fourth-order valence-electron chi connectivity index (χ4n) is 2.35. The fraction of sp³-hybridized carbons (Fsp3) is 0.412. The number of nitrogens with zero attached hydrogens (tertiary/aromatic N) is 2. The first-order valence-corrected chi connectivity index (χ1v) is 7.42. The second kappa shape index (κ2) is 7.64. The Bertz CT molecular complexity index is 552. The number of carbonyl (C=O) groups excluding carboxylic acids is 2. The summed E-state index contributed by atoms with van der Waals surface area (Å²) in [6.45, 7) is 1.10. The lowest BCUT2D eigenvalue weighted by Crippen LogP contribution is -2.33. The molecule has 0 spiro atoms. The molecule has 0 aromatic heterocycles. The molecule has 0 bridgehead atoms. The van der Waals surface area contributed by atoms with Crippen LogP contribution in [0.15, 0.2) is 42.1 Å². The second-order valence-electron chi connectivity index (χ2n) is 5.61. The van der Waals surface area contributed by atoms with E-state index < -0.39 is 0 Å². The number of benzene rings is 1. The van der Waals surface area contributed by atoms with Gasteiger partial charge in [-0.25, -0.2) is 4.79 Å². The second-order valence-corrected chi connectivity index (χ2v) is 5.61. The average Bonchev–Trinajstić information content (AvgIpc) is 2.68. The largest absolute Gasteiger partial charge is 0.445 e. The minimum Gasteiger partial charge on any atom is -0.445 e. The van der Waals surface area contributed by atoms with Crippen LogP contribution in [0, 0.1) is 0 Å². The Morgan fingerprint density at radius 2 is 2.05 bits per heavy atom. The normalized spacial score (nSPS) is 17.3. The van der Waals surface area contributed by atoms with Crippen molar-refractivity contribution in [2.75, 3.05) is 27.2 Å². The highest BCUT2D eigenvalue weighted by atomic mass is 16.6. The van der Waals surface area contributed by atoms with Gasteiger partial charge < -0.3 is 14.5 Å². The summed E-state index contributed by atoms with van der Waals surface area (Å²) in [4.78, 5) is 27.7. The van der Waals surface area contributed by atoms with Crippen molar-refractivity contribution in [2.45, 2.75) is 19.4 Å². The summed E-state index contributed by atoms with van der Waals surface area (Å²) in [5.41, 5.74) is 1.60. The maximum absolute atomic E-state index is 12.2. The van der Waals surface area contributed by atoms with Gasteiger partial charge in [-0.3, -0.25) is 4.79 Å². The van der Waals surface area contributed by atoms with Crippen LogP contribution in [-0.4, -0.2) is 48.9 Å². The number of rotatable bonds is 3. The molecule has 0 atom stereocenters. The van der Waals surface area contributed by atoms with Crippen molar-refractivity contribution in [1.82, 2.24) is 9.80 Å². The molecule has 0 aliphatic carbocycles. The van der Waals surface area contributed by atoms with E-state index in [0.29, 0.717) is 31.5 Å². The van der Waals surface area contributed by atoms with Crippen LogP contribution in [-0.2, 0) is 16.1 Å². The van der Waals surface area contributed by atoms with Gasteiger partial charge >= 0.3 is 6.09 Å². The lowest BCUT2D eigenvalue weighted by atomic mass is 10.1.